The molecule has 0 radical (unpaired) electrons. The molecule has 2 heterocycles. The van der Waals surface area contributed by atoms with Gasteiger partial charge in [0.1, 0.15) is 16.7 Å². The van der Waals surface area contributed by atoms with E-state index < -0.39 is 0 Å². The molecule has 0 aliphatic rings. The Balaban J connectivity index is 2.07. The molecule has 0 fully saturated rings. The number of imidazole rings is 1. The smallest absolute Gasteiger partial charge is 0.272 e. The molecule has 88 valence electrons. The minimum Gasteiger partial charge on any atom is -0.347 e. The van der Waals surface area contributed by atoms with Gasteiger partial charge in [-0.3, -0.25) is 9.78 Å². The Morgan fingerprint density at radius 3 is 3.00 bits per heavy atom. The summed E-state index contributed by atoms with van der Waals surface area (Å²) in [5.41, 5.74) is 0.177. The normalized spacial score (nSPS) is 12.1. The summed E-state index contributed by atoms with van der Waals surface area (Å²) in [6, 6.07) is -0.238. The van der Waals surface area contributed by atoms with Crippen molar-refractivity contribution in [1.29, 1.82) is 0 Å². The summed E-state index contributed by atoms with van der Waals surface area (Å²) < 4.78 is 0. The highest BCUT2D eigenvalue weighted by molar-refractivity contribution is 6.29. The maximum absolute atomic E-state index is 11.8. The number of amides is 1. The predicted octanol–water partition coefficient (Wildman–Crippen LogP) is 1.34. The van der Waals surface area contributed by atoms with E-state index in [1.54, 1.807) is 12.4 Å². The number of rotatable bonds is 3. The minimum absolute atomic E-state index is 0.177. The Hall–Kier alpha value is -1.95. The van der Waals surface area contributed by atoms with Crippen molar-refractivity contribution < 1.29 is 4.79 Å². The van der Waals surface area contributed by atoms with Crippen LogP contribution in [-0.4, -0.2) is 25.8 Å². The van der Waals surface area contributed by atoms with Gasteiger partial charge in [-0.05, 0) is 6.92 Å². The van der Waals surface area contributed by atoms with E-state index in [1.807, 2.05) is 6.92 Å². The number of aromatic amines is 1. The molecule has 1 amide bonds. The van der Waals surface area contributed by atoms with Crippen molar-refractivity contribution in [3.8, 4) is 0 Å². The predicted molar refractivity (Wildman–Crippen MR) is 61.5 cm³/mol. The van der Waals surface area contributed by atoms with Gasteiger partial charge in [-0.2, -0.15) is 0 Å². The molecule has 0 saturated carbocycles. The lowest BCUT2D eigenvalue weighted by molar-refractivity contribution is 0.0933. The lowest BCUT2D eigenvalue weighted by atomic mass is 10.3. The maximum Gasteiger partial charge on any atom is 0.272 e. The molecule has 0 spiro atoms. The molecule has 17 heavy (non-hydrogen) atoms. The van der Waals surface area contributed by atoms with Crippen LogP contribution in [0.3, 0.4) is 0 Å². The van der Waals surface area contributed by atoms with Crippen molar-refractivity contribution in [2.24, 2.45) is 0 Å². The average molecular weight is 252 g/mol. The molecule has 2 aromatic heterocycles. The SMILES string of the molecule is CC(NC(=O)c1cncc(Cl)n1)c1ncc[nH]1. The van der Waals surface area contributed by atoms with Gasteiger partial charge in [0.05, 0.1) is 18.4 Å². The first-order valence-electron chi connectivity index (χ1n) is 4.94. The molecule has 0 aromatic carbocycles. The molecule has 7 heteroatoms. The van der Waals surface area contributed by atoms with Crippen LogP contribution < -0.4 is 5.32 Å². The van der Waals surface area contributed by atoms with Gasteiger partial charge in [-0.15, -0.1) is 0 Å². The third-order valence-electron chi connectivity index (χ3n) is 2.11. The van der Waals surface area contributed by atoms with Crippen LogP contribution in [0.5, 0.6) is 0 Å². The summed E-state index contributed by atoms with van der Waals surface area (Å²) >= 11 is 5.65. The Morgan fingerprint density at radius 1 is 1.53 bits per heavy atom. The van der Waals surface area contributed by atoms with E-state index in [1.165, 1.54) is 12.4 Å². The Morgan fingerprint density at radius 2 is 2.35 bits per heavy atom. The molecule has 0 saturated heterocycles. The van der Waals surface area contributed by atoms with Crippen LogP contribution in [0.25, 0.3) is 0 Å². The van der Waals surface area contributed by atoms with E-state index >= 15 is 0 Å². The Labute approximate surface area is 102 Å². The van der Waals surface area contributed by atoms with E-state index in [9.17, 15) is 4.79 Å². The number of hydrogen-bond donors (Lipinski definition) is 2. The van der Waals surface area contributed by atoms with Gasteiger partial charge in [0, 0.05) is 12.4 Å². The first-order valence-corrected chi connectivity index (χ1v) is 5.32. The summed E-state index contributed by atoms with van der Waals surface area (Å²) in [7, 11) is 0. The second kappa shape index (κ2) is 4.92. The molecular formula is C10H10ClN5O. The first kappa shape index (κ1) is 11.5. The number of carbonyl (C=O) groups is 1. The summed E-state index contributed by atoms with van der Waals surface area (Å²) in [5, 5.41) is 2.92. The highest BCUT2D eigenvalue weighted by Gasteiger charge is 2.14. The zero-order chi connectivity index (χ0) is 12.3. The second-order valence-electron chi connectivity index (χ2n) is 3.40. The van der Waals surface area contributed by atoms with E-state index in [4.69, 9.17) is 11.6 Å². The number of halogens is 1. The zero-order valence-electron chi connectivity index (χ0n) is 9.01. The van der Waals surface area contributed by atoms with Crippen LogP contribution in [-0.2, 0) is 0 Å². The van der Waals surface area contributed by atoms with Gasteiger partial charge in [0.25, 0.3) is 5.91 Å². The topological polar surface area (TPSA) is 83.6 Å². The van der Waals surface area contributed by atoms with Crippen LogP contribution in [0.2, 0.25) is 5.15 Å². The third kappa shape index (κ3) is 2.79. The quantitative estimate of drug-likeness (QED) is 0.862. The molecule has 1 atom stereocenters. The Bertz CT molecular complexity index is 513. The number of H-pyrrole nitrogens is 1. The maximum atomic E-state index is 11.8. The lowest BCUT2D eigenvalue weighted by Gasteiger charge is -2.10. The summed E-state index contributed by atoms with van der Waals surface area (Å²) in [4.78, 5) is 26.4. The highest BCUT2D eigenvalue weighted by atomic mass is 35.5. The molecule has 0 bridgehead atoms. The van der Waals surface area contributed by atoms with Crippen LogP contribution in [0.1, 0.15) is 29.3 Å². The molecule has 2 N–H and O–H groups in total. The monoisotopic (exact) mass is 251 g/mol. The van der Waals surface area contributed by atoms with E-state index in [2.05, 4.69) is 25.3 Å². The number of aromatic nitrogens is 4. The summed E-state index contributed by atoms with van der Waals surface area (Å²) in [5.74, 6) is 0.331. The zero-order valence-corrected chi connectivity index (χ0v) is 9.77. The van der Waals surface area contributed by atoms with Crippen LogP contribution in [0.15, 0.2) is 24.8 Å². The average Bonchev–Trinajstić information content (AvgIpc) is 2.82. The fourth-order valence-corrected chi connectivity index (χ4v) is 1.45. The van der Waals surface area contributed by atoms with Gasteiger partial charge in [0.15, 0.2) is 0 Å². The summed E-state index contributed by atoms with van der Waals surface area (Å²) in [6.45, 7) is 1.81. The van der Waals surface area contributed by atoms with Gasteiger partial charge in [-0.1, -0.05) is 11.6 Å². The molecule has 2 rings (SSSR count). The van der Waals surface area contributed by atoms with Crippen molar-refractivity contribution in [2.75, 3.05) is 0 Å². The molecule has 1 unspecified atom stereocenters. The highest BCUT2D eigenvalue weighted by Crippen LogP contribution is 2.07. The second-order valence-corrected chi connectivity index (χ2v) is 3.78. The van der Waals surface area contributed by atoms with Gasteiger partial charge in [0.2, 0.25) is 0 Å². The molecular weight excluding hydrogens is 242 g/mol. The van der Waals surface area contributed by atoms with Gasteiger partial charge in [-0.25, -0.2) is 9.97 Å². The standard InChI is InChI=1S/C10H10ClN5O/c1-6(9-13-2-3-14-9)15-10(17)7-4-12-5-8(11)16-7/h2-6H,1H3,(H,13,14)(H,15,17). The van der Waals surface area contributed by atoms with Crippen molar-refractivity contribution in [3.05, 3.63) is 41.5 Å². The van der Waals surface area contributed by atoms with Crippen molar-refractivity contribution >= 4 is 17.5 Å². The fraction of sp³-hybridized carbons (Fsp3) is 0.200. The first-order chi connectivity index (χ1) is 8.16. The molecule has 0 aliphatic carbocycles. The molecule has 0 aliphatic heterocycles. The number of nitrogens with one attached hydrogen (secondary N) is 2. The van der Waals surface area contributed by atoms with Gasteiger partial charge < -0.3 is 10.3 Å². The number of nitrogens with zero attached hydrogens (tertiary/aromatic N) is 3. The fourth-order valence-electron chi connectivity index (χ4n) is 1.30. The van der Waals surface area contributed by atoms with Crippen molar-refractivity contribution in [3.63, 3.8) is 0 Å². The van der Waals surface area contributed by atoms with Gasteiger partial charge >= 0.3 is 0 Å². The third-order valence-corrected chi connectivity index (χ3v) is 2.30. The van der Waals surface area contributed by atoms with Crippen LogP contribution in [0.4, 0.5) is 0 Å². The summed E-state index contributed by atoms with van der Waals surface area (Å²) in [6.07, 6.45) is 6.04. The van der Waals surface area contributed by atoms with Crippen LogP contribution in [0, 0.1) is 0 Å². The number of carbonyl (C=O) groups excluding carboxylic acids is 1. The van der Waals surface area contributed by atoms with E-state index in [0.29, 0.717) is 5.82 Å². The molecule has 6 nitrogen and oxygen atoms in total. The molecule has 2 aromatic rings. The van der Waals surface area contributed by atoms with Crippen molar-refractivity contribution in [2.45, 2.75) is 13.0 Å². The van der Waals surface area contributed by atoms with Crippen molar-refractivity contribution in [1.82, 2.24) is 25.3 Å². The largest absolute Gasteiger partial charge is 0.347 e. The Kier molecular flexibility index (Phi) is 3.34. The minimum atomic E-state index is -0.344. The van der Waals surface area contributed by atoms with E-state index in [0.717, 1.165) is 0 Å². The lowest BCUT2D eigenvalue weighted by Crippen LogP contribution is -2.28. The van der Waals surface area contributed by atoms with Crippen LogP contribution >= 0.6 is 11.6 Å². The number of hydrogen-bond acceptors (Lipinski definition) is 4. The van der Waals surface area contributed by atoms with E-state index in [-0.39, 0.29) is 22.8 Å².